The van der Waals surface area contributed by atoms with E-state index in [1.807, 2.05) is 0 Å². The van der Waals surface area contributed by atoms with Crippen LogP contribution in [0.1, 0.15) is 20.3 Å². The van der Waals surface area contributed by atoms with Gasteiger partial charge in [-0.2, -0.15) is 8.78 Å². The van der Waals surface area contributed by atoms with Crippen LogP contribution in [0.4, 0.5) is 43.9 Å². The normalized spacial score (nSPS) is 48.9. The van der Waals surface area contributed by atoms with E-state index in [9.17, 15) is 43.9 Å². The topological polar surface area (TPSA) is 0 Å². The van der Waals surface area contributed by atoms with Crippen LogP contribution in [0.2, 0.25) is 0 Å². The van der Waals surface area contributed by atoms with Gasteiger partial charge < -0.3 is 0 Å². The van der Waals surface area contributed by atoms with Crippen LogP contribution in [0.5, 0.6) is 0 Å². The van der Waals surface area contributed by atoms with E-state index >= 15 is 0 Å². The third-order valence-electron chi connectivity index (χ3n) is 3.87. The van der Waals surface area contributed by atoms with E-state index in [4.69, 9.17) is 0 Å². The molecule has 1 rings (SSSR count). The summed E-state index contributed by atoms with van der Waals surface area (Å²) in [6, 6.07) is 0. The summed E-state index contributed by atoms with van der Waals surface area (Å²) in [5.41, 5.74) is -19.7. The molecule has 0 aromatic heterocycles. The molecule has 1 aliphatic rings. The molecule has 4 atom stereocenters. The van der Waals surface area contributed by atoms with Crippen molar-refractivity contribution in [2.45, 2.75) is 61.7 Å². The molecule has 0 saturated heterocycles. The molecule has 0 spiro atoms. The Labute approximate surface area is 107 Å². The van der Waals surface area contributed by atoms with Crippen molar-refractivity contribution in [3.05, 3.63) is 0 Å². The van der Waals surface area contributed by atoms with E-state index in [-0.39, 0.29) is 13.8 Å². The first kappa shape index (κ1) is 17.4. The first-order chi connectivity index (χ1) is 8.59. The maximum atomic E-state index is 13.8. The van der Waals surface area contributed by atoms with Gasteiger partial charge in [0.25, 0.3) is 18.5 Å². The number of hydrogen-bond acceptors (Lipinski definition) is 0. The van der Waals surface area contributed by atoms with Crippen LogP contribution in [-0.4, -0.2) is 41.4 Å². The fourth-order valence-electron chi connectivity index (χ4n) is 2.26. The van der Waals surface area contributed by atoms with Crippen LogP contribution in [0.25, 0.3) is 0 Å². The third-order valence-corrected chi connectivity index (χ3v) is 3.87. The van der Waals surface area contributed by atoms with Gasteiger partial charge in [-0.3, -0.25) is 0 Å². The highest BCUT2D eigenvalue weighted by molar-refractivity contribution is 5.27. The lowest BCUT2D eigenvalue weighted by Gasteiger charge is -2.55. The molecule has 0 aromatic rings. The van der Waals surface area contributed by atoms with Gasteiger partial charge in [-0.05, 0) is 13.8 Å². The average molecular weight is 320 g/mol. The Kier molecular flexibility index (Phi) is 3.61. The van der Waals surface area contributed by atoms with Crippen molar-refractivity contribution >= 4 is 0 Å². The standard InChI is InChI=1S/C10H10F10/c1-6(15)3-8(17,4(11)12)9(18,5(13)14)10(19,20)7(6,2)16/h4-5H,3H2,1-2H3. The largest absolute Gasteiger partial charge is 0.326 e. The van der Waals surface area contributed by atoms with Crippen molar-refractivity contribution < 1.29 is 43.9 Å². The zero-order valence-electron chi connectivity index (χ0n) is 10.1. The number of halogens is 10. The van der Waals surface area contributed by atoms with Crippen molar-refractivity contribution in [1.82, 2.24) is 0 Å². The van der Waals surface area contributed by atoms with E-state index < -0.39 is 47.9 Å². The van der Waals surface area contributed by atoms with Crippen molar-refractivity contribution in [2.75, 3.05) is 0 Å². The lowest BCUT2D eigenvalue weighted by Crippen LogP contribution is -2.80. The lowest BCUT2D eigenvalue weighted by molar-refractivity contribution is -0.366. The molecule has 0 aromatic carbocycles. The number of rotatable bonds is 2. The van der Waals surface area contributed by atoms with Gasteiger partial charge in [0, 0.05) is 6.42 Å². The zero-order valence-corrected chi connectivity index (χ0v) is 10.1. The smallest absolute Gasteiger partial charge is 0.240 e. The molecule has 0 aliphatic heterocycles. The Morgan fingerprint density at radius 2 is 1.15 bits per heavy atom. The van der Waals surface area contributed by atoms with Crippen molar-refractivity contribution in [1.29, 1.82) is 0 Å². The van der Waals surface area contributed by atoms with E-state index in [0.717, 1.165) is 0 Å². The zero-order chi connectivity index (χ0) is 16.4. The number of alkyl halides is 10. The monoisotopic (exact) mass is 320 g/mol. The van der Waals surface area contributed by atoms with Crippen LogP contribution in [0, 0.1) is 0 Å². The molecular weight excluding hydrogens is 310 g/mol. The second kappa shape index (κ2) is 4.16. The molecule has 0 heterocycles. The Balaban J connectivity index is 3.68. The maximum absolute atomic E-state index is 13.8. The second-order valence-electron chi connectivity index (χ2n) is 5.13. The quantitative estimate of drug-likeness (QED) is 0.660. The molecular formula is C10H10F10. The molecule has 120 valence electrons. The van der Waals surface area contributed by atoms with Crippen molar-refractivity contribution in [3.8, 4) is 0 Å². The molecule has 4 unspecified atom stereocenters. The highest BCUT2D eigenvalue weighted by atomic mass is 19.3. The van der Waals surface area contributed by atoms with Gasteiger partial charge in [-0.1, -0.05) is 0 Å². The summed E-state index contributed by atoms with van der Waals surface area (Å²) in [6.07, 6.45) is -12.2. The summed E-state index contributed by atoms with van der Waals surface area (Å²) in [5.74, 6) is -6.01. The SMILES string of the molecule is CC1(F)CC(F)(C(F)F)C(F)(C(F)F)C(F)(F)C1(C)F. The molecule has 20 heavy (non-hydrogen) atoms. The first-order valence-electron chi connectivity index (χ1n) is 5.29. The van der Waals surface area contributed by atoms with E-state index in [2.05, 4.69) is 0 Å². The second-order valence-corrected chi connectivity index (χ2v) is 5.13. The van der Waals surface area contributed by atoms with Crippen LogP contribution in [0.3, 0.4) is 0 Å². The Bertz CT molecular complexity index is 383. The van der Waals surface area contributed by atoms with E-state index in [1.54, 1.807) is 0 Å². The first-order valence-corrected chi connectivity index (χ1v) is 5.29. The summed E-state index contributed by atoms with van der Waals surface area (Å²) < 4.78 is 133. The van der Waals surface area contributed by atoms with Gasteiger partial charge in [-0.15, -0.1) is 0 Å². The van der Waals surface area contributed by atoms with E-state index in [0.29, 0.717) is 0 Å². The third kappa shape index (κ3) is 1.62. The molecule has 0 bridgehead atoms. The summed E-state index contributed by atoms with van der Waals surface area (Å²) in [7, 11) is 0. The van der Waals surface area contributed by atoms with Crippen molar-refractivity contribution in [3.63, 3.8) is 0 Å². The van der Waals surface area contributed by atoms with Crippen molar-refractivity contribution in [2.24, 2.45) is 0 Å². The minimum atomic E-state index is -6.01. The van der Waals surface area contributed by atoms with Crippen LogP contribution in [0.15, 0.2) is 0 Å². The molecule has 0 radical (unpaired) electrons. The molecule has 0 amide bonds. The van der Waals surface area contributed by atoms with Crippen LogP contribution < -0.4 is 0 Å². The molecule has 10 heteroatoms. The summed E-state index contributed by atoms with van der Waals surface area (Å²) >= 11 is 0. The predicted molar refractivity (Wildman–Crippen MR) is 48.3 cm³/mol. The Morgan fingerprint density at radius 3 is 1.45 bits per heavy atom. The van der Waals surface area contributed by atoms with Gasteiger partial charge in [0.1, 0.15) is 0 Å². The van der Waals surface area contributed by atoms with Crippen LogP contribution >= 0.6 is 0 Å². The van der Waals surface area contributed by atoms with Crippen LogP contribution in [-0.2, 0) is 0 Å². The van der Waals surface area contributed by atoms with Gasteiger partial charge in [0.15, 0.2) is 5.67 Å². The molecule has 0 nitrogen and oxygen atoms in total. The predicted octanol–water partition coefficient (Wildman–Crippen LogP) is 4.43. The molecule has 1 saturated carbocycles. The van der Waals surface area contributed by atoms with Gasteiger partial charge >= 0.3 is 5.92 Å². The Morgan fingerprint density at radius 1 is 0.750 bits per heavy atom. The van der Waals surface area contributed by atoms with Gasteiger partial charge in [0.2, 0.25) is 11.3 Å². The van der Waals surface area contributed by atoms with Gasteiger partial charge in [-0.25, -0.2) is 35.1 Å². The molecule has 1 aliphatic carbocycles. The minimum Gasteiger partial charge on any atom is -0.240 e. The molecule has 1 fully saturated rings. The fraction of sp³-hybridized carbons (Fsp3) is 1.00. The number of hydrogen-bond donors (Lipinski definition) is 0. The molecule has 0 N–H and O–H groups in total. The lowest BCUT2D eigenvalue weighted by atomic mass is 9.60. The average Bonchev–Trinajstić information content (AvgIpc) is 2.24. The minimum absolute atomic E-state index is 0.0112. The summed E-state index contributed by atoms with van der Waals surface area (Å²) in [5, 5.41) is 0. The van der Waals surface area contributed by atoms with Gasteiger partial charge in [0.05, 0.1) is 0 Å². The Hall–Kier alpha value is -0.700. The maximum Gasteiger partial charge on any atom is 0.326 e. The highest BCUT2D eigenvalue weighted by Gasteiger charge is 2.89. The highest BCUT2D eigenvalue weighted by Crippen LogP contribution is 2.65. The summed E-state index contributed by atoms with van der Waals surface area (Å²) in [4.78, 5) is 0. The summed E-state index contributed by atoms with van der Waals surface area (Å²) in [6.45, 7) is -0.280. The van der Waals surface area contributed by atoms with E-state index in [1.165, 1.54) is 0 Å². The fourth-order valence-corrected chi connectivity index (χ4v) is 2.26.